The molecule has 0 saturated heterocycles. The number of carbonyl (C=O) groups excluding carboxylic acids is 1. The Labute approximate surface area is 193 Å². The predicted octanol–water partition coefficient (Wildman–Crippen LogP) is 4.52. The number of fused-ring (bicyclic) bond motifs is 1. The number of H-pyrrole nitrogens is 1. The highest BCUT2D eigenvalue weighted by Crippen LogP contribution is 2.20. The normalized spacial score (nSPS) is 11.0. The zero-order valence-electron chi connectivity index (χ0n) is 17.9. The fraction of sp³-hybridized carbons (Fsp3) is 0.0800. The minimum atomic E-state index is -0.450. The van der Waals surface area contributed by atoms with Gasteiger partial charge in [-0.2, -0.15) is 0 Å². The number of aromatic amines is 1. The number of rotatable bonds is 7. The van der Waals surface area contributed by atoms with Crippen LogP contribution in [0.25, 0.3) is 22.6 Å². The maximum absolute atomic E-state index is 14.6. The quantitative estimate of drug-likeness (QED) is 0.375. The predicted molar refractivity (Wildman–Crippen MR) is 124 cm³/mol. The molecule has 2 heterocycles. The Hall–Kier alpha value is -4.50. The van der Waals surface area contributed by atoms with Gasteiger partial charge in [0.25, 0.3) is 5.91 Å². The van der Waals surface area contributed by atoms with E-state index in [1.807, 2.05) is 30.3 Å². The number of nitrogens with zero attached hydrogens (tertiary/aromatic N) is 4. The summed E-state index contributed by atoms with van der Waals surface area (Å²) in [6.07, 6.45) is 1.56. The van der Waals surface area contributed by atoms with E-state index in [4.69, 9.17) is 4.74 Å². The number of nitrogens with one attached hydrogen (secondary N) is 2. The molecule has 0 fully saturated rings. The van der Waals surface area contributed by atoms with Gasteiger partial charge in [0.05, 0.1) is 19.4 Å². The summed E-state index contributed by atoms with van der Waals surface area (Å²) in [6.45, 7) is 0.524. The molecule has 0 saturated carbocycles. The maximum atomic E-state index is 14.6. The lowest BCUT2D eigenvalue weighted by atomic mass is 10.1. The molecule has 5 aromatic rings. The fourth-order valence-electron chi connectivity index (χ4n) is 3.39. The average Bonchev–Trinajstić information content (AvgIpc) is 3.34. The zero-order valence-corrected chi connectivity index (χ0v) is 17.9. The van der Waals surface area contributed by atoms with E-state index in [2.05, 4.69) is 30.7 Å². The summed E-state index contributed by atoms with van der Waals surface area (Å²) in [6, 6.07) is 21.1. The van der Waals surface area contributed by atoms with E-state index in [0.717, 1.165) is 5.56 Å². The molecule has 0 bridgehead atoms. The molecule has 1 amide bonds. The Morgan fingerprint density at radius 2 is 1.88 bits per heavy atom. The van der Waals surface area contributed by atoms with E-state index >= 15 is 0 Å². The second kappa shape index (κ2) is 9.55. The third-order valence-corrected chi connectivity index (χ3v) is 5.15. The van der Waals surface area contributed by atoms with Gasteiger partial charge >= 0.3 is 0 Å². The molecular weight excluding hydrogens is 435 g/mol. The van der Waals surface area contributed by atoms with Gasteiger partial charge in [-0.3, -0.25) is 4.79 Å². The lowest BCUT2D eigenvalue weighted by molar-refractivity contribution is 0.102. The zero-order chi connectivity index (χ0) is 23.3. The number of carbonyl (C=O) groups is 1. The maximum Gasteiger partial charge on any atom is 0.255 e. The molecule has 5 rings (SSSR count). The first-order chi connectivity index (χ1) is 16.7. The van der Waals surface area contributed by atoms with Crippen LogP contribution in [-0.4, -0.2) is 31.3 Å². The van der Waals surface area contributed by atoms with Crippen molar-refractivity contribution in [3.05, 3.63) is 102 Å². The van der Waals surface area contributed by atoms with Crippen molar-refractivity contribution in [2.75, 3.05) is 5.32 Å². The standard InChI is InChI=1S/C25H19FN6O2/c26-21-12-20(10-9-19(21)15-34-14-16-5-2-1-3-6-16)28-25(33)18-8-4-7-17(11-18)23-27-13-22-24(29-23)31-32-30-22/h1-13H,14-15H2,(H,28,33)(H,27,29,30,31,32). The molecule has 0 unspecified atom stereocenters. The van der Waals surface area contributed by atoms with Crippen LogP contribution in [0.3, 0.4) is 0 Å². The van der Waals surface area contributed by atoms with Crippen molar-refractivity contribution < 1.29 is 13.9 Å². The van der Waals surface area contributed by atoms with Crippen LogP contribution in [0.4, 0.5) is 10.1 Å². The number of anilines is 1. The largest absolute Gasteiger partial charge is 0.372 e. The van der Waals surface area contributed by atoms with Crippen molar-refractivity contribution in [1.29, 1.82) is 0 Å². The first-order valence-corrected chi connectivity index (χ1v) is 10.5. The molecule has 34 heavy (non-hydrogen) atoms. The Kier molecular flexibility index (Phi) is 6.00. The molecule has 0 radical (unpaired) electrons. The SMILES string of the molecule is O=C(Nc1ccc(COCc2ccccc2)c(F)c1)c1cccc(-c2ncc3nn[nH]c3n2)c1. The molecule has 2 N–H and O–H groups in total. The molecule has 3 aromatic carbocycles. The summed E-state index contributed by atoms with van der Waals surface area (Å²) in [5.41, 5.74) is 3.87. The highest BCUT2D eigenvalue weighted by molar-refractivity contribution is 6.04. The van der Waals surface area contributed by atoms with E-state index < -0.39 is 5.82 Å². The minimum absolute atomic E-state index is 0.132. The van der Waals surface area contributed by atoms with Crippen molar-refractivity contribution in [2.24, 2.45) is 0 Å². The number of ether oxygens (including phenoxy) is 1. The van der Waals surface area contributed by atoms with Crippen molar-refractivity contribution in [3.63, 3.8) is 0 Å². The second-order valence-corrected chi connectivity index (χ2v) is 7.56. The van der Waals surface area contributed by atoms with Gasteiger partial charge < -0.3 is 10.1 Å². The van der Waals surface area contributed by atoms with Gasteiger partial charge in [-0.15, -0.1) is 5.10 Å². The Bertz CT molecular complexity index is 1450. The van der Waals surface area contributed by atoms with E-state index in [0.29, 0.717) is 46.0 Å². The van der Waals surface area contributed by atoms with Crippen LogP contribution in [0, 0.1) is 5.82 Å². The smallest absolute Gasteiger partial charge is 0.255 e. The number of halogens is 1. The lowest BCUT2D eigenvalue weighted by Gasteiger charge is -2.10. The van der Waals surface area contributed by atoms with Crippen LogP contribution in [-0.2, 0) is 18.0 Å². The van der Waals surface area contributed by atoms with E-state index in [1.54, 1.807) is 42.6 Å². The van der Waals surface area contributed by atoms with Crippen LogP contribution >= 0.6 is 0 Å². The number of hydrogen-bond donors (Lipinski definition) is 2. The highest BCUT2D eigenvalue weighted by atomic mass is 19.1. The summed E-state index contributed by atoms with van der Waals surface area (Å²) in [4.78, 5) is 21.4. The lowest BCUT2D eigenvalue weighted by Crippen LogP contribution is -2.12. The van der Waals surface area contributed by atoms with Crippen molar-refractivity contribution in [1.82, 2.24) is 25.4 Å². The Balaban J connectivity index is 1.25. The average molecular weight is 454 g/mol. The molecular formula is C25H19FN6O2. The van der Waals surface area contributed by atoms with Crippen molar-refractivity contribution >= 4 is 22.8 Å². The molecule has 9 heteroatoms. The van der Waals surface area contributed by atoms with Crippen LogP contribution in [0.15, 0.2) is 79.0 Å². The highest BCUT2D eigenvalue weighted by Gasteiger charge is 2.12. The fourth-order valence-corrected chi connectivity index (χ4v) is 3.39. The number of hydrogen-bond acceptors (Lipinski definition) is 6. The molecule has 0 atom stereocenters. The number of benzene rings is 3. The molecule has 0 aliphatic heterocycles. The van der Waals surface area contributed by atoms with Crippen LogP contribution in [0.5, 0.6) is 0 Å². The summed E-state index contributed by atoms with van der Waals surface area (Å²) >= 11 is 0. The number of amides is 1. The first-order valence-electron chi connectivity index (χ1n) is 10.5. The minimum Gasteiger partial charge on any atom is -0.372 e. The van der Waals surface area contributed by atoms with Gasteiger partial charge in [0.1, 0.15) is 11.3 Å². The Morgan fingerprint density at radius 3 is 2.74 bits per heavy atom. The monoisotopic (exact) mass is 454 g/mol. The molecule has 0 spiro atoms. The second-order valence-electron chi connectivity index (χ2n) is 7.56. The van der Waals surface area contributed by atoms with Gasteiger partial charge in [-0.1, -0.05) is 53.7 Å². The van der Waals surface area contributed by atoms with E-state index in [9.17, 15) is 9.18 Å². The summed E-state index contributed by atoms with van der Waals surface area (Å²) < 4.78 is 20.2. The molecule has 8 nitrogen and oxygen atoms in total. The number of aromatic nitrogens is 5. The molecule has 2 aromatic heterocycles. The molecule has 0 aliphatic rings. The summed E-state index contributed by atoms with van der Waals surface area (Å²) in [7, 11) is 0. The third kappa shape index (κ3) is 4.79. The topological polar surface area (TPSA) is 106 Å². The van der Waals surface area contributed by atoms with Gasteiger partial charge in [-0.05, 0) is 29.8 Å². The van der Waals surface area contributed by atoms with E-state index in [-0.39, 0.29) is 12.5 Å². The third-order valence-electron chi connectivity index (χ3n) is 5.15. The van der Waals surface area contributed by atoms with E-state index in [1.165, 1.54) is 6.07 Å². The van der Waals surface area contributed by atoms with Crippen molar-refractivity contribution in [3.8, 4) is 11.4 Å². The van der Waals surface area contributed by atoms with Gasteiger partial charge in [0.15, 0.2) is 11.5 Å². The van der Waals surface area contributed by atoms with Crippen LogP contribution < -0.4 is 5.32 Å². The van der Waals surface area contributed by atoms with Gasteiger partial charge in [0, 0.05) is 22.4 Å². The van der Waals surface area contributed by atoms with Crippen LogP contribution in [0.1, 0.15) is 21.5 Å². The van der Waals surface area contributed by atoms with Gasteiger partial charge in [-0.25, -0.2) is 19.5 Å². The summed E-state index contributed by atoms with van der Waals surface area (Å²) in [5, 5.41) is 13.0. The summed E-state index contributed by atoms with van der Waals surface area (Å²) in [5.74, 6) is -0.396. The molecule has 168 valence electrons. The Morgan fingerprint density at radius 1 is 1.00 bits per heavy atom. The first kappa shape index (κ1) is 21.4. The van der Waals surface area contributed by atoms with Crippen LogP contribution in [0.2, 0.25) is 0 Å². The molecule has 0 aliphatic carbocycles. The van der Waals surface area contributed by atoms with Crippen molar-refractivity contribution in [2.45, 2.75) is 13.2 Å². The van der Waals surface area contributed by atoms with Gasteiger partial charge in [0.2, 0.25) is 0 Å².